The number of nitrogen functional groups attached to an aromatic ring is 1. The maximum Gasteiger partial charge on any atom is 0.416 e. The fraction of sp³-hybridized carbons (Fsp3) is 0.0833. The molecule has 2 aromatic rings. The quantitative estimate of drug-likeness (QED) is 0.911. The van der Waals surface area contributed by atoms with E-state index in [9.17, 15) is 21.6 Å². The van der Waals surface area contributed by atoms with Crippen molar-refractivity contribution < 1.29 is 21.6 Å². The van der Waals surface area contributed by atoms with Gasteiger partial charge >= 0.3 is 6.18 Å². The molecule has 0 aliphatic rings. The number of benzene rings is 1. The number of aromatic nitrogens is 1. The van der Waals surface area contributed by atoms with Crippen molar-refractivity contribution in [2.75, 3.05) is 10.5 Å². The molecular formula is C12H10F3N3O2S. The van der Waals surface area contributed by atoms with E-state index in [0.29, 0.717) is 6.07 Å². The van der Waals surface area contributed by atoms with E-state index in [1.54, 1.807) is 0 Å². The van der Waals surface area contributed by atoms with Gasteiger partial charge in [-0.3, -0.25) is 4.72 Å². The highest BCUT2D eigenvalue weighted by molar-refractivity contribution is 7.92. The summed E-state index contributed by atoms with van der Waals surface area (Å²) in [7, 11) is -4.11. The number of hydrogen-bond donors (Lipinski definition) is 2. The Morgan fingerprint density at radius 2 is 1.86 bits per heavy atom. The molecule has 0 aliphatic heterocycles. The summed E-state index contributed by atoms with van der Waals surface area (Å²) in [5.41, 5.74) is 4.28. The predicted molar refractivity (Wildman–Crippen MR) is 70.9 cm³/mol. The molecule has 0 radical (unpaired) electrons. The molecule has 1 heterocycles. The molecule has 1 aromatic carbocycles. The second-order valence-corrected chi connectivity index (χ2v) is 5.72. The Balaban J connectivity index is 2.36. The molecule has 0 aliphatic carbocycles. The van der Waals surface area contributed by atoms with Crippen LogP contribution in [0.4, 0.5) is 24.7 Å². The molecule has 1 aromatic heterocycles. The summed E-state index contributed by atoms with van der Waals surface area (Å²) in [5, 5.41) is 0. The van der Waals surface area contributed by atoms with Crippen molar-refractivity contribution in [1.29, 1.82) is 0 Å². The number of alkyl halides is 3. The zero-order valence-corrected chi connectivity index (χ0v) is 11.2. The van der Waals surface area contributed by atoms with Crippen molar-refractivity contribution in [3.05, 3.63) is 48.2 Å². The van der Waals surface area contributed by atoms with Crippen LogP contribution >= 0.6 is 0 Å². The average molecular weight is 317 g/mol. The van der Waals surface area contributed by atoms with Gasteiger partial charge in [0.2, 0.25) is 0 Å². The molecule has 0 amide bonds. The van der Waals surface area contributed by atoms with Crippen LogP contribution in [0.2, 0.25) is 0 Å². The van der Waals surface area contributed by atoms with Gasteiger partial charge in [-0.15, -0.1) is 0 Å². The zero-order valence-electron chi connectivity index (χ0n) is 10.4. The van der Waals surface area contributed by atoms with E-state index in [0.717, 1.165) is 12.1 Å². The van der Waals surface area contributed by atoms with E-state index >= 15 is 0 Å². The van der Waals surface area contributed by atoms with Gasteiger partial charge in [-0.05, 0) is 30.3 Å². The standard InChI is InChI=1S/C12H10F3N3O2S/c13-12(14,15)8-3-1-4-9(7-8)18-21(19,20)10-5-2-6-17-11(10)16/h1-7,18H,(H2,16,17). The first-order valence-electron chi connectivity index (χ1n) is 5.61. The molecule has 0 bridgehead atoms. The van der Waals surface area contributed by atoms with E-state index in [1.807, 2.05) is 4.72 Å². The molecule has 112 valence electrons. The summed E-state index contributed by atoms with van der Waals surface area (Å²) in [5.74, 6) is -0.239. The molecule has 3 N–H and O–H groups in total. The fourth-order valence-corrected chi connectivity index (χ4v) is 2.73. The van der Waals surface area contributed by atoms with Gasteiger partial charge in [0.25, 0.3) is 10.0 Å². The molecule has 0 spiro atoms. The lowest BCUT2D eigenvalue weighted by Crippen LogP contribution is -2.16. The maximum absolute atomic E-state index is 12.6. The highest BCUT2D eigenvalue weighted by atomic mass is 32.2. The van der Waals surface area contributed by atoms with Crippen molar-refractivity contribution in [2.45, 2.75) is 11.1 Å². The van der Waals surface area contributed by atoms with Crippen LogP contribution in [-0.4, -0.2) is 13.4 Å². The van der Waals surface area contributed by atoms with E-state index in [2.05, 4.69) is 4.98 Å². The summed E-state index contributed by atoms with van der Waals surface area (Å²) < 4.78 is 63.9. The molecule has 0 saturated heterocycles. The Kier molecular flexibility index (Phi) is 3.77. The zero-order chi connectivity index (χ0) is 15.7. The van der Waals surface area contributed by atoms with Gasteiger partial charge in [0.15, 0.2) is 0 Å². The molecule has 0 saturated carbocycles. The number of sulfonamides is 1. The van der Waals surface area contributed by atoms with Gasteiger partial charge in [-0.2, -0.15) is 13.2 Å². The van der Waals surface area contributed by atoms with Gasteiger partial charge in [-0.25, -0.2) is 13.4 Å². The van der Waals surface area contributed by atoms with Crippen LogP contribution in [0.25, 0.3) is 0 Å². The Hall–Kier alpha value is -2.29. The van der Waals surface area contributed by atoms with Gasteiger partial charge in [0.1, 0.15) is 10.7 Å². The number of nitrogens with one attached hydrogen (secondary N) is 1. The number of nitrogens with two attached hydrogens (primary N) is 1. The number of rotatable bonds is 3. The monoisotopic (exact) mass is 317 g/mol. The van der Waals surface area contributed by atoms with Crippen molar-refractivity contribution >= 4 is 21.5 Å². The largest absolute Gasteiger partial charge is 0.416 e. The van der Waals surface area contributed by atoms with Gasteiger partial charge in [0.05, 0.1) is 5.56 Å². The van der Waals surface area contributed by atoms with Crippen LogP contribution in [0.15, 0.2) is 47.5 Å². The van der Waals surface area contributed by atoms with E-state index in [1.165, 1.54) is 24.4 Å². The number of hydrogen-bond acceptors (Lipinski definition) is 4. The van der Waals surface area contributed by atoms with Gasteiger partial charge in [0, 0.05) is 11.9 Å². The Morgan fingerprint density at radius 1 is 1.14 bits per heavy atom. The van der Waals surface area contributed by atoms with E-state index in [4.69, 9.17) is 5.73 Å². The Bertz CT molecular complexity index is 760. The highest BCUT2D eigenvalue weighted by Gasteiger charge is 2.30. The second kappa shape index (κ2) is 5.24. The van der Waals surface area contributed by atoms with Crippen LogP contribution < -0.4 is 10.5 Å². The lowest BCUT2D eigenvalue weighted by molar-refractivity contribution is -0.137. The number of halogens is 3. The van der Waals surface area contributed by atoms with Crippen LogP contribution in [0.5, 0.6) is 0 Å². The summed E-state index contributed by atoms with van der Waals surface area (Å²) in [6.45, 7) is 0. The normalized spacial score (nSPS) is 12.1. The van der Waals surface area contributed by atoms with E-state index in [-0.39, 0.29) is 16.4 Å². The molecule has 2 rings (SSSR count). The molecule has 9 heteroatoms. The lowest BCUT2D eigenvalue weighted by Gasteiger charge is -2.11. The van der Waals surface area contributed by atoms with Crippen molar-refractivity contribution in [3.63, 3.8) is 0 Å². The third-order valence-electron chi connectivity index (χ3n) is 2.53. The van der Waals surface area contributed by atoms with E-state index < -0.39 is 21.8 Å². The topological polar surface area (TPSA) is 85.1 Å². The van der Waals surface area contributed by atoms with Crippen LogP contribution in [0.1, 0.15) is 5.56 Å². The summed E-state index contributed by atoms with van der Waals surface area (Å²) in [6, 6.07) is 6.42. The van der Waals surface area contributed by atoms with Crippen LogP contribution in [0.3, 0.4) is 0 Å². The first kappa shape index (κ1) is 15.1. The van der Waals surface area contributed by atoms with Crippen LogP contribution in [0, 0.1) is 0 Å². The highest BCUT2D eigenvalue weighted by Crippen LogP contribution is 2.31. The van der Waals surface area contributed by atoms with Crippen molar-refractivity contribution in [2.24, 2.45) is 0 Å². The fourth-order valence-electron chi connectivity index (χ4n) is 1.60. The van der Waals surface area contributed by atoms with Crippen LogP contribution in [-0.2, 0) is 16.2 Å². The minimum absolute atomic E-state index is 0.215. The first-order chi connectivity index (χ1) is 9.70. The summed E-state index contributed by atoms with van der Waals surface area (Å²) in [6.07, 6.45) is -3.26. The Morgan fingerprint density at radius 3 is 2.48 bits per heavy atom. The first-order valence-corrected chi connectivity index (χ1v) is 7.09. The van der Waals surface area contributed by atoms with Gasteiger partial charge < -0.3 is 5.73 Å². The smallest absolute Gasteiger partial charge is 0.383 e. The SMILES string of the molecule is Nc1ncccc1S(=O)(=O)Nc1cccc(C(F)(F)F)c1. The maximum atomic E-state index is 12.6. The lowest BCUT2D eigenvalue weighted by atomic mass is 10.2. The molecule has 0 unspecified atom stereocenters. The number of anilines is 2. The summed E-state index contributed by atoms with van der Waals surface area (Å²) in [4.78, 5) is 3.32. The minimum atomic E-state index is -4.56. The molecule has 0 fully saturated rings. The molecular weight excluding hydrogens is 307 g/mol. The Labute approximate surface area is 118 Å². The predicted octanol–water partition coefficient (Wildman–Crippen LogP) is 2.48. The third-order valence-corrected chi connectivity index (χ3v) is 3.96. The van der Waals surface area contributed by atoms with Crippen molar-refractivity contribution in [3.8, 4) is 0 Å². The molecule has 0 atom stereocenters. The summed E-state index contributed by atoms with van der Waals surface area (Å²) >= 11 is 0. The average Bonchev–Trinajstić information content (AvgIpc) is 2.37. The van der Waals surface area contributed by atoms with Gasteiger partial charge in [-0.1, -0.05) is 6.07 Å². The van der Waals surface area contributed by atoms with Crippen molar-refractivity contribution in [1.82, 2.24) is 4.98 Å². The molecule has 21 heavy (non-hydrogen) atoms. The third kappa shape index (κ3) is 3.43. The second-order valence-electron chi connectivity index (χ2n) is 4.07. The number of pyridine rings is 1. The minimum Gasteiger partial charge on any atom is -0.383 e. The molecule has 5 nitrogen and oxygen atoms in total. The number of nitrogens with zero attached hydrogens (tertiary/aromatic N) is 1.